The topological polar surface area (TPSA) is 27.0 Å². The molecule has 0 aliphatic carbocycles. The number of hydrogen-bond acceptors (Lipinski definition) is 3. The van der Waals surface area contributed by atoms with Crippen molar-refractivity contribution in [1.29, 1.82) is 5.26 Å². The summed E-state index contributed by atoms with van der Waals surface area (Å²) in [5, 5.41) is 9.17. The second kappa shape index (κ2) is 6.71. The second-order valence-electron chi connectivity index (χ2n) is 4.00. The Morgan fingerprint density at radius 1 is 1.37 bits per heavy atom. The van der Waals surface area contributed by atoms with Crippen molar-refractivity contribution < 1.29 is 13.2 Å². The molecule has 0 saturated heterocycles. The quantitative estimate of drug-likeness (QED) is 0.765. The lowest BCUT2D eigenvalue weighted by Crippen LogP contribution is -2.35. The van der Waals surface area contributed by atoms with E-state index in [1.54, 1.807) is 24.5 Å². The first-order chi connectivity index (χ1) is 8.92. The van der Waals surface area contributed by atoms with E-state index in [-0.39, 0.29) is 6.54 Å². The van der Waals surface area contributed by atoms with Gasteiger partial charge in [-0.25, -0.2) is 0 Å². The molecule has 19 heavy (non-hydrogen) atoms. The molecule has 0 atom stereocenters. The first-order valence-electron chi connectivity index (χ1n) is 5.81. The molecule has 104 valence electrons. The van der Waals surface area contributed by atoms with Crippen LogP contribution in [-0.4, -0.2) is 25.5 Å². The lowest BCUT2D eigenvalue weighted by molar-refractivity contribution is -0.119. The van der Waals surface area contributed by atoms with Crippen molar-refractivity contribution in [3.8, 4) is 6.07 Å². The molecule has 0 N–H and O–H groups in total. The molecule has 0 spiro atoms. The van der Waals surface area contributed by atoms with Crippen LogP contribution in [0.4, 0.5) is 18.9 Å². The summed E-state index contributed by atoms with van der Waals surface area (Å²) in [4.78, 5) is 1.92. The third-order valence-electron chi connectivity index (χ3n) is 2.54. The highest BCUT2D eigenvalue weighted by molar-refractivity contribution is 7.98. The first kappa shape index (κ1) is 15.7. The van der Waals surface area contributed by atoms with Crippen LogP contribution >= 0.6 is 11.8 Å². The minimum atomic E-state index is -4.28. The molecule has 1 aromatic rings. The molecule has 0 aliphatic heterocycles. The van der Waals surface area contributed by atoms with Crippen LogP contribution in [0.15, 0.2) is 23.1 Å². The van der Waals surface area contributed by atoms with Crippen molar-refractivity contribution in [2.45, 2.75) is 24.4 Å². The Labute approximate surface area is 115 Å². The highest BCUT2D eigenvalue weighted by atomic mass is 32.2. The number of nitrogens with zero attached hydrogens (tertiary/aromatic N) is 2. The zero-order valence-corrected chi connectivity index (χ0v) is 11.6. The minimum absolute atomic E-state index is 0.270. The molecule has 0 aliphatic rings. The fourth-order valence-corrected chi connectivity index (χ4v) is 2.41. The van der Waals surface area contributed by atoms with Gasteiger partial charge >= 0.3 is 6.18 Å². The molecule has 1 rings (SSSR count). The molecule has 0 radical (unpaired) electrons. The normalized spacial score (nSPS) is 11.2. The van der Waals surface area contributed by atoms with E-state index in [1.165, 1.54) is 16.7 Å². The van der Waals surface area contributed by atoms with Gasteiger partial charge in [0.05, 0.1) is 11.3 Å². The van der Waals surface area contributed by atoms with Gasteiger partial charge in [-0.2, -0.15) is 18.4 Å². The summed E-state index contributed by atoms with van der Waals surface area (Å²) in [6.45, 7) is 1.05. The number of benzene rings is 1. The van der Waals surface area contributed by atoms with Crippen molar-refractivity contribution in [2.75, 3.05) is 24.2 Å². The number of anilines is 1. The van der Waals surface area contributed by atoms with Crippen LogP contribution < -0.4 is 4.90 Å². The van der Waals surface area contributed by atoms with Crippen molar-refractivity contribution in [3.05, 3.63) is 23.8 Å². The largest absolute Gasteiger partial charge is 0.405 e. The van der Waals surface area contributed by atoms with Crippen LogP contribution in [0.5, 0.6) is 0 Å². The zero-order chi connectivity index (χ0) is 14.5. The average molecular weight is 288 g/mol. The smallest absolute Gasteiger partial charge is 0.361 e. The van der Waals surface area contributed by atoms with E-state index < -0.39 is 12.7 Å². The van der Waals surface area contributed by atoms with Gasteiger partial charge in [0, 0.05) is 11.4 Å². The van der Waals surface area contributed by atoms with E-state index in [9.17, 15) is 18.4 Å². The molecule has 0 fully saturated rings. The van der Waals surface area contributed by atoms with Crippen molar-refractivity contribution in [2.24, 2.45) is 0 Å². The van der Waals surface area contributed by atoms with E-state index in [4.69, 9.17) is 0 Å². The fraction of sp³-hybridized carbons (Fsp3) is 0.462. The molecule has 0 saturated carbocycles. The summed E-state index contributed by atoms with van der Waals surface area (Å²) >= 11 is 1.36. The van der Waals surface area contributed by atoms with Gasteiger partial charge < -0.3 is 4.90 Å². The van der Waals surface area contributed by atoms with E-state index in [0.29, 0.717) is 22.6 Å². The highest BCUT2D eigenvalue weighted by Crippen LogP contribution is 2.31. The van der Waals surface area contributed by atoms with Crippen LogP contribution in [0.3, 0.4) is 0 Å². The number of thioether (sulfide) groups is 1. The van der Waals surface area contributed by atoms with Gasteiger partial charge in [0.2, 0.25) is 0 Å². The fourth-order valence-electron chi connectivity index (χ4n) is 1.84. The Bertz CT molecular complexity index is 466. The molecule has 0 bridgehead atoms. The number of rotatable bonds is 5. The standard InChI is InChI=1S/C13H15F3N2S/c1-3-7-18(9-13(14,15)16)11-5-4-6-12(19-2)10(11)8-17/h4-6H,3,7,9H2,1-2H3. The molecule has 0 amide bonds. The maximum Gasteiger partial charge on any atom is 0.405 e. The van der Waals surface area contributed by atoms with E-state index in [2.05, 4.69) is 0 Å². The van der Waals surface area contributed by atoms with Crippen molar-refractivity contribution in [3.63, 3.8) is 0 Å². The molecular weight excluding hydrogens is 273 g/mol. The molecule has 1 aromatic carbocycles. The summed E-state index contributed by atoms with van der Waals surface area (Å²) in [5.74, 6) is 0. The Balaban J connectivity index is 3.19. The Morgan fingerprint density at radius 2 is 2.05 bits per heavy atom. The van der Waals surface area contributed by atoms with Crippen LogP contribution in [0.25, 0.3) is 0 Å². The summed E-state index contributed by atoms with van der Waals surface area (Å²) in [6.07, 6.45) is -1.89. The molecule has 0 aromatic heterocycles. The lowest BCUT2D eigenvalue weighted by atomic mass is 10.1. The second-order valence-corrected chi connectivity index (χ2v) is 4.85. The van der Waals surface area contributed by atoms with Gasteiger partial charge in [-0.3, -0.25) is 0 Å². The van der Waals surface area contributed by atoms with Crippen LogP contribution in [0, 0.1) is 11.3 Å². The summed E-state index contributed by atoms with van der Waals surface area (Å²) in [6, 6.07) is 7.00. The summed E-state index contributed by atoms with van der Waals surface area (Å²) in [7, 11) is 0. The molecule has 0 heterocycles. The maximum atomic E-state index is 12.6. The van der Waals surface area contributed by atoms with E-state index >= 15 is 0 Å². The van der Waals surface area contributed by atoms with Gasteiger partial charge in [0.15, 0.2) is 0 Å². The van der Waals surface area contributed by atoms with Gasteiger partial charge in [-0.05, 0) is 24.8 Å². The summed E-state index contributed by atoms with van der Waals surface area (Å²) in [5.41, 5.74) is 0.668. The van der Waals surface area contributed by atoms with E-state index in [1.807, 2.05) is 13.0 Å². The van der Waals surface area contributed by atoms with Crippen LogP contribution in [0.1, 0.15) is 18.9 Å². The van der Waals surface area contributed by atoms with E-state index in [0.717, 1.165) is 0 Å². The molecule has 2 nitrogen and oxygen atoms in total. The van der Waals surface area contributed by atoms with Gasteiger partial charge in [0.1, 0.15) is 12.6 Å². The Hall–Kier alpha value is -1.35. The third kappa shape index (κ3) is 4.35. The van der Waals surface area contributed by atoms with Gasteiger partial charge in [-0.1, -0.05) is 13.0 Å². The predicted molar refractivity (Wildman–Crippen MR) is 71.5 cm³/mol. The number of alkyl halides is 3. The molecule has 0 unspecified atom stereocenters. The molecular formula is C13H15F3N2S. The monoisotopic (exact) mass is 288 g/mol. The average Bonchev–Trinajstić information content (AvgIpc) is 2.35. The maximum absolute atomic E-state index is 12.6. The molecule has 6 heteroatoms. The Kier molecular flexibility index (Phi) is 5.55. The minimum Gasteiger partial charge on any atom is -0.361 e. The third-order valence-corrected chi connectivity index (χ3v) is 3.32. The SMILES string of the molecule is CCCN(CC(F)(F)F)c1cccc(SC)c1C#N. The zero-order valence-electron chi connectivity index (χ0n) is 10.8. The number of nitriles is 1. The van der Waals surface area contributed by atoms with Crippen molar-refractivity contribution in [1.82, 2.24) is 0 Å². The van der Waals surface area contributed by atoms with Gasteiger partial charge in [0.25, 0.3) is 0 Å². The van der Waals surface area contributed by atoms with Crippen LogP contribution in [-0.2, 0) is 0 Å². The van der Waals surface area contributed by atoms with Gasteiger partial charge in [-0.15, -0.1) is 11.8 Å². The Morgan fingerprint density at radius 3 is 2.53 bits per heavy atom. The predicted octanol–water partition coefficient (Wildman–Crippen LogP) is 4.06. The van der Waals surface area contributed by atoms with Crippen LogP contribution in [0.2, 0.25) is 0 Å². The number of halogens is 3. The van der Waals surface area contributed by atoms with Crippen molar-refractivity contribution >= 4 is 17.4 Å². The first-order valence-corrected chi connectivity index (χ1v) is 7.04. The summed E-state index contributed by atoms with van der Waals surface area (Å²) < 4.78 is 37.8. The highest BCUT2D eigenvalue weighted by Gasteiger charge is 2.31. The lowest BCUT2D eigenvalue weighted by Gasteiger charge is -2.27. The number of hydrogen-bond donors (Lipinski definition) is 0.